The third-order valence-corrected chi connectivity index (χ3v) is 7.00. The topological polar surface area (TPSA) is 71.2 Å². The minimum atomic E-state index is -0.517. The zero-order valence-electron chi connectivity index (χ0n) is 17.5. The molecule has 158 valence electrons. The summed E-state index contributed by atoms with van der Waals surface area (Å²) in [6, 6.07) is 15.7. The molecule has 1 saturated carbocycles. The maximum absolute atomic E-state index is 12.4. The molecule has 30 heavy (non-hydrogen) atoms. The number of fused-ring (bicyclic) bond motifs is 1. The molecule has 6 heteroatoms. The van der Waals surface area contributed by atoms with Crippen LogP contribution in [0.3, 0.4) is 0 Å². The molecule has 3 N–H and O–H groups in total. The van der Waals surface area contributed by atoms with Crippen LogP contribution in [0.15, 0.2) is 48.5 Å². The summed E-state index contributed by atoms with van der Waals surface area (Å²) >= 11 is 1.48. The van der Waals surface area contributed by atoms with Gasteiger partial charge in [-0.25, -0.2) is 14.7 Å². The molecule has 1 atom stereocenters. The molecule has 0 aliphatic heterocycles. The Kier molecular flexibility index (Phi) is 6.65. The first-order valence-corrected chi connectivity index (χ1v) is 11.7. The van der Waals surface area contributed by atoms with Gasteiger partial charge in [-0.05, 0) is 43.0 Å². The number of nitrogens with two attached hydrogens (primary N) is 1. The third-order valence-electron chi connectivity index (χ3n) is 5.98. The van der Waals surface area contributed by atoms with Crippen LogP contribution in [0.4, 0.5) is 15.6 Å². The minimum absolute atomic E-state index is 0.436. The van der Waals surface area contributed by atoms with Crippen molar-refractivity contribution in [2.45, 2.75) is 58.0 Å². The summed E-state index contributed by atoms with van der Waals surface area (Å²) in [5.41, 5.74) is 8.52. The number of aromatic nitrogens is 1. The quantitative estimate of drug-likeness (QED) is 0.493. The number of amides is 2. The number of hydrogen-bond acceptors (Lipinski definition) is 4. The van der Waals surface area contributed by atoms with Gasteiger partial charge < -0.3 is 11.1 Å². The van der Waals surface area contributed by atoms with Crippen LogP contribution in [-0.4, -0.2) is 17.1 Å². The summed E-state index contributed by atoms with van der Waals surface area (Å²) in [6.45, 7) is 2.95. The summed E-state index contributed by atoms with van der Waals surface area (Å²) in [5, 5.41) is 4.27. The second kappa shape index (κ2) is 9.58. The second-order valence-corrected chi connectivity index (χ2v) is 9.30. The normalized spacial score (nSPS) is 15.9. The van der Waals surface area contributed by atoms with Crippen molar-refractivity contribution in [3.8, 4) is 0 Å². The van der Waals surface area contributed by atoms with Crippen molar-refractivity contribution >= 4 is 38.4 Å². The fourth-order valence-electron chi connectivity index (χ4n) is 4.44. The van der Waals surface area contributed by atoms with E-state index in [1.54, 1.807) is 0 Å². The number of benzene rings is 2. The second-order valence-electron chi connectivity index (χ2n) is 8.29. The summed E-state index contributed by atoms with van der Waals surface area (Å²) in [7, 11) is 0. The number of urea groups is 1. The van der Waals surface area contributed by atoms with Crippen molar-refractivity contribution in [1.29, 1.82) is 0 Å². The minimum Gasteiger partial charge on any atom is -0.351 e. The molecule has 1 fully saturated rings. The number of nitrogens with one attached hydrogen (secondary N) is 1. The maximum atomic E-state index is 12.4. The van der Waals surface area contributed by atoms with Crippen LogP contribution in [0.5, 0.6) is 0 Å². The lowest BCUT2D eigenvalue weighted by Gasteiger charge is -2.26. The van der Waals surface area contributed by atoms with Crippen LogP contribution in [-0.2, 0) is 6.54 Å². The Labute approximate surface area is 182 Å². The van der Waals surface area contributed by atoms with E-state index in [2.05, 4.69) is 23.3 Å². The molecule has 4 rings (SSSR count). The molecule has 3 aromatic rings. The largest absolute Gasteiger partial charge is 0.351 e. The molecule has 2 aromatic carbocycles. The Morgan fingerprint density at radius 3 is 2.67 bits per heavy atom. The molecule has 5 nitrogen and oxygen atoms in total. The Morgan fingerprint density at radius 1 is 1.17 bits per heavy atom. The molecule has 1 aromatic heterocycles. The number of carbonyl (C=O) groups excluding carboxylic acids is 1. The fraction of sp³-hybridized carbons (Fsp3) is 0.417. The number of anilines is 2. The molecular formula is C24H30N4OS. The van der Waals surface area contributed by atoms with Crippen LogP contribution in [0.2, 0.25) is 0 Å². The van der Waals surface area contributed by atoms with Gasteiger partial charge in [0.05, 0.1) is 15.9 Å². The molecule has 0 unspecified atom stereocenters. The van der Waals surface area contributed by atoms with E-state index in [0.717, 1.165) is 27.4 Å². The lowest BCUT2D eigenvalue weighted by molar-refractivity contribution is 0.256. The predicted octanol–water partition coefficient (Wildman–Crippen LogP) is 5.96. The van der Waals surface area contributed by atoms with Gasteiger partial charge in [-0.15, -0.1) is 0 Å². The number of para-hydroxylation sites is 2. The van der Waals surface area contributed by atoms with Gasteiger partial charge in [0.1, 0.15) is 0 Å². The van der Waals surface area contributed by atoms with Crippen molar-refractivity contribution < 1.29 is 4.79 Å². The SMILES string of the molecule is C[C@@H](CC1CCCCC1)NCc1ccccc1N(C(N)=O)c1nc2ccccc2s1. The number of hydrogen-bond donors (Lipinski definition) is 2. The van der Waals surface area contributed by atoms with Crippen molar-refractivity contribution in [1.82, 2.24) is 10.3 Å². The zero-order valence-corrected chi connectivity index (χ0v) is 18.3. The fourth-order valence-corrected chi connectivity index (χ4v) is 5.43. The lowest BCUT2D eigenvalue weighted by atomic mass is 9.85. The molecule has 0 saturated heterocycles. The van der Waals surface area contributed by atoms with E-state index >= 15 is 0 Å². The first-order chi connectivity index (χ1) is 14.6. The summed E-state index contributed by atoms with van der Waals surface area (Å²) < 4.78 is 1.04. The van der Waals surface area contributed by atoms with Crippen molar-refractivity contribution in [2.75, 3.05) is 4.90 Å². The Bertz CT molecular complexity index is 963. The van der Waals surface area contributed by atoms with Crippen molar-refractivity contribution in [2.24, 2.45) is 11.7 Å². The van der Waals surface area contributed by atoms with Crippen LogP contribution in [0.25, 0.3) is 10.2 Å². The number of nitrogens with zero attached hydrogens (tertiary/aromatic N) is 2. The van der Waals surface area contributed by atoms with E-state index in [0.29, 0.717) is 17.7 Å². The highest BCUT2D eigenvalue weighted by Crippen LogP contribution is 2.35. The standard InChI is InChI=1S/C24H30N4OS/c1-17(15-18-9-3-2-4-10-18)26-16-19-11-5-7-13-21(19)28(23(25)29)24-27-20-12-6-8-14-22(20)30-24/h5-8,11-14,17-18,26H,2-4,9-10,15-16H2,1H3,(H2,25,29)/t17-/m0/s1. The monoisotopic (exact) mass is 422 g/mol. The van der Waals surface area contributed by atoms with Crippen LogP contribution in [0.1, 0.15) is 51.0 Å². The Balaban J connectivity index is 1.52. The Hall–Kier alpha value is -2.44. The van der Waals surface area contributed by atoms with Gasteiger partial charge in [0, 0.05) is 12.6 Å². The first kappa shape index (κ1) is 20.8. The van der Waals surface area contributed by atoms with E-state index in [-0.39, 0.29) is 0 Å². The van der Waals surface area contributed by atoms with Gasteiger partial charge in [-0.1, -0.05) is 73.8 Å². The van der Waals surface area contributed by atoms with Gasteiger partial charge in [0.15, 0.2) is 5.13 Å². The van der Waals surface area contributed by atoms with Crippen LogP contribution >= 0.6 is 11.3 Å². The molecular weight excluding hydrogens is 392 g/mol. The third kappa shape index (κ3) is 4.82. The lowest BCUT2D eigenvalue weighted by Crippen LogP contribution is -2.33. The van der Waals surface area contributed by atoms with Gasteiger partial charge in [0.2, 0.25) is 0 Å². The smallest absolute Gasteiger partial charge is 0.325 e. The molecule has 2 amide bonds. The molecule has 0 radical (unpaired) electrons. The molecule has 1 aliphatic rings. The molecule has 0 bridgehead atoms. The van der Waals surface area contributed by atoms with Gasteiger partial charge >= 0.3 is 6.03 Å². The van der Waals surface area contributed by atoms with Crippen molar-refractivity contribution in [3.63, 3.8) is 0 Å². The first-order valence-electron chi connectivity index (χ1n) is 10.9. The molecule has 1 heterocycles. The highest BCUT2D eigenvalue weighted by Gasteiger charge is 2.22. The Morgan fingerprint density at radius 2 is 1.90 bits per heavy atom. The maximum Gasteiger partial charge on any atom is 0.325 e. The number of rotatable bonds is 7. The summed E-state index contributed by atoms with van der Waals surface area (Å²) in [6.07, 6.45) is 8.05. The van der Waals surface area contributed by atoms with Gasteiger partial charge in [0.25, 0.3) is 0 Å². The number of primary amides is 1. The molecule has 1 aliphatic carbocycles. The number of carbonyl (C=O) groups is 1. The highest BCUT2D eigenvalue weighted by atomic mass is 32.1. The van der Waals surface area contributed by atoms with E-state index in [1.165, 1.54) is 54.8 Å². The van der Waals surface area contributed by atoms with E-state index < -0.39 is 6.03 Å². The average Bonchev–Trinajstić information content (AvgIpc) is 3.17. The predicted molar refractivity (Wildman–Crippen MR) is 125 cm³/mol. The zero-order chi connectivity index (χ0) is 20.9. The van der Waals surface area contributed by atoms with Gasteiger partial charge in [-0.2, -0.15) is 0 Å². The number of thiazole rings is 1. The van der Waals surface area contributed by atoms with E-state index in [4.69, 9.17) is 5.73 Å². The van der Waals surface area contributed by atoms with Crippen LogP contribution in [0, 0.1) is 5.92 Å². The highest BCUT2D eigenvalue weighted by molar-refractivity contribution is 7.22. The average molecular weight is 423 g/mol. The molecule has 0 spiro atoms. The summed E-state index contributed by atoms with van der Waals surface area (Å²) in [4.78, 5) is 18.6. The van der Waals surface area contributed by atoms with E-state index in [1.807, 2.05) is 42.5 Å². The summed E-state index contributed by atoms with van der Waals surface area (Å²) in [5.74, 6) is 0.835. The van der Waals surface area contributed by atoms with Gasteiger partial charge in [-0.3, -0.25) is 0 Å². The van der Waals surface area contributed by atoms with E-state index in [9.17, 15) is 4.79 Å². The van der Waals surface area contributed by atoms with Crippen molar-refractivity contribution in [3.05, 3.63) is 54.1 Å². The van der Waals surface area contributed by atoms with Crippen LogP contribution < -0.4 is 16.0 Å².